The Morgan fingerprint density at radius 3 is 2.47 bits per heavy atom. The van der Waals surface area contributed by atoms with Gasteiger partial charge in [-0.3, -0.25) is 14.2 Å². The maximum atomic E-state index is 13.7. The molecule has 1 amide bonds. The van der Waals surface area contributed by atoms with Crippen LogP contribution in [-0.2, 0) is 19.0 Å². The highest BCUT2D eigenvalue weighted by atomic mass is 35.5. The molecule has 34 heavy (non-hydrogen) atoms. The number of benzene rings is 2. The molecule has 0 saturated carbocycles. The van der Waals surface area contributed by atoms with Crippen molar-refractivity contribution in [1.29, 1.82) is 0 Å². The van der Waals surface area contributed by atoms with E-state index in [4.69, 9.17) is 21.0 Å². The van der Waals surface area contributed by atoms with Gasteiger partial charge in [0.15, 0.2) is 0 Å². The summed E-state index contributed by atoms with van der Waals surface area (Å²) in [6.07, 6.45) is 1.58. The number of nitrogens with zero attached hydrogens (tertiary/aromatic N) is 3. The number of amides is 1. The zero-order valence-electron chi connectivity index (χ0n) is 20.0. The second-order valence-electron chi connectivity index (χ2n) is 9.51. The van der Waals surface area contributed by atoms with E-state index in [0.29, 0.717) is 33.1 Å². The summed E-state index contributed by atoms with van der Waals surface area (Å²) in [5, 5.41) is 0.971. The molecule has 0 N–H and O–H groups in total. The van der Waals surface area contributed by atoms with Crippen LogP contribution in [0.1, 0.15) is 61.2 Å². The van der Waals surface area contributed by atoms with Crippen LogP contribution >= 0.6 is 11.6 Å². The Bertz CT molecular complexity index is 1380. The Labute approximate surface area is 203 Å². The zero-order valence-corrected chi connectivity index (χ0v) is 20.8. The first-order valence-corrected chi connectivity index (χ1v) is 11.5. The molecule has 0 fully saturated rings. The van der Waals surface area contributed by atoms with Gasteiger partial charge >= 0.3 is 0 Å². The molecule has 0 aliphatic carbocycles. The van der Waals surface area contributed by atoms with Crippen LogP contribution in [0.25, 0.3) is 10.9 Å². The van der Waals surface area contributed by atoms with E-state index in [1.165, 1.54) is 4.57 Å². The second kappa shape index (κ2) is 9.11. The van der Waals surface area contributed by atoms with E-state index in [1.807, 2.05) is 37.3 Å². The monoisotopic (exact) mass is 477 g/mol. The summed E-state index contributed by atoms with van der Waals surface area (Å²) in [4.78, 5) is 33.1. The quantitative estimate of drug-likeness (QED) is 0.360. The molecular formula is C27H28ClN3O3. The maximum absolute atomic E-state index is 13.7. The smallest absolute Gasteiger partial charge is 0.261 e. The number of hydrogen-bond acceptors (Lipinski definition) is 4. The SMILES string of the molecule is CC(c1nc2cc(Cl)ccc2c(=O)n1C)N(Cc1ccco1)C(=O)c1ccc(C(C)(C)C)cc1. The van der Waals surface area contributed by atoms with Gasteiger partial charge in [-0.25, -0.2) is 4.98 Å². The molecule has 2 aromatic heterocycles. The van der Waals surface area contributed by atoms with Gasteiger partial charge in [-0.15, -0.1) is 0 Å². The maximum Gasteiger partial charge on any atom is 0.261 e. The third-order valence-electron chi connectivity index (χ3n) is 6.08. The minimum atomic E-state index is -0.513. The van der Waals surface area contributed by atoms with Crippen LogP contribution < -0.4 is 5.56 Å². The summed E-state index contributed by atoms with van der Waals surface area (Å²) in [6, 6.07) is 15.8. The molecule has 0 bridgehead atoms. The van der Waals surface area contributed by atoms with Crippen molar-refractivity contribution >= 4 is 28.4 Å². The molecule has 176 valence electrons. The Morgan fingerprint density at radius 2 is 1.85 bits per heavy atom. The van der Waals surface area contributed by atoms with Crippen molar-refractivity contribution in [1.82, 2.24) is 14.5 Å². The summed E-state index contributed by atoms with van der Waals surface area (Å²) < 4.78 is 7.03. The number of rotatable bonds is 5. The first-order valence-electron chi connectivity index (χ1n) is 11.2. The van der Waals surface area contributed by atoms with Crippen molar-refractivity contribution in [3.8, 4) is 0 Å². The molecule has 2 heterocycles. The van der Waals surface area contributed by atoms with Gasteiger partial charge in [-0.05, 0) is 60.4 Å². The van der Waals surface area contributed by atoms with Gasteiger partial charge in [0.25, 0.3) is 11.5 Å². The molecule has 1 unspecified atom stereocenters. The van der Waals surface area contributed by atoms with Gasteiger partial charge < -0.3 is 9.32 Å². The van der Waals surface area contributed by atoms with E-state index in [9.17, 15) is 9.59 Å². The summed E-state index contributed by atoms with van der Waals surface area (Å²) >= 11 is 6.15. The molecule has 0 aliphatic heterocycles. The summed E-state index contributed by atoms with van der Waals surface area (Å²) in [6.45, 7) is 8.49. The van der Waals surface area contributed by atoms with E-state index in [-0.39, 0.29) is 23.4 Å². The number of furan rings is 1. The lowest BCUT2D eigenvalue weighted by Crippen LogP contribution is -2.36. The first kappa shape index (κ1) is 23.8. The average molecular weight is 478 g/mol. The van der Waals surface area contributed by atoms with Crippen LogP contribution in [0.2, 0.25) is 5.02 Å². The molecular weight excluding hydrogens is 450 g/mol. The largest absolute Gasteiger partial charge is 0.467 e. The number of carbonyl (C=O) groups excluding carboxylic acids is 1. The van der Waals surface area contributed by atoms with E-state index in [2.05, 4.69) is 20.8 Å². The standard InChI is InChI=1S/C27H28ClN3O3/c1-17(24-29-23-15-20(28)12-13-22(23)26(33)30(24)5)31(16-21-7-6-14-34-21)25(32)18-8-10-19(11-9-18)27(2,3)4/h6-15,17H,16H2,1-5H3. The fourth-order valence-corrected chi connectivity index (χ4v) is 4.17. The zero-order chi connectivity index (χ0) is 24.6. The predicted molar refractivity (Wildman–Crippen MR) is 134 cm³/mol. The molecule has 0 radical (unpaired) electrons. The fourth-order valence-electron chi connectivity index (χ4n) is 4.01. The Hall–Kier alpha value is -3.38. The Balaban J connectivity index is 1.77. The lowest BCUT2D eigenvalue weighted by atomic mass is 9.86. The van der Waals surface area contributed by atoms with Gasteiger partial charge in [0.1, 0.15) is 11.6 Å². The van der Waals surface area contributed by atoms with Crippen LogP contribution in [0.15, 0.2) is 70.1 Å². The van der Waals surface area contributed by atoms with Gasteiger partial charge in [0.2, 0.25) is 0 Å². The van der Waals surface area contributed by atoms with Gasteiger partial charge in [0, 0.05) is 17.6 Å². The molecule has 0 aliphatic rings. The third kappa shape index (κ3) is 4.64. The van der Waals surface area contributed by atoms with Crippen molar-refractivity contribution in [2.24, 2.45) is 7.05 Å². The van der Waals surface area contributed by atoms with Crippen LogP contribution in [-0.4, -0.2) is 20.4 Å². The topological polar surface area (TPSA) is 68.3 Å². The minimum absolute atomic E-state index is 0.0166. The van der Waals surface area contributed by atoms with Crippen molar-refractivity contribution in [2.75, 3.05) is 0 Å². The Kier molecular flexibility index (Phi) is 6.36. The molecule has 0 saturated heterocycles. The van der Waals surface area contributed by atoms with Gasteiger partial charge in [0.05, 0.1) is 29.8 Å². The number of hydrogen-bond donors (Lipinski definition) is 0. The van der Waals surface area contributed by atoms with Gasteiger partial charge in [-0.2, -0.15) is 0 Å². The van der Waals surface area contributed by atoms with Crippen LogP contribution in [0.3, 0.4) is 0 Å². The van der Waals surface area contributed by atoms with Crippen molar-refractivity contribution in [3.63, 3.8) is 0 Å². The van der Waals surface area contributed by atoms with E-state index < -0.39 is 6.04 Å². The summed E-state index contributed by atoms with van der Waals surface area (Å²) in [7, 11) is 1.67. The first-order chi connectivity index (χ1) is 16.1. The number of aromatic nitrogens is 2. The van der Waals surface area contributed by atoms with E-state index in [1.54, 1.807) is 42.5 Å². The predicted octanol–water partition coefficient (Wildman–Crippen LogP) is 5.88. The second-order valence-corrected chi connectivity index (χ2v) is 9.95. The number of halogens is 1. The Morgan fingerprint density at radius 1 is 1.15 bits per heavy atom. The van der Waals surface area contributed by atoms with Gasteiger partial charge in [-0.1, -0.05) is 44.5 Å². The summed E-state index contributed by atoms with van der Waals surface area (Å²) in [5.41, 5.74) is 1.99. The molecule has 2 aromatic carbocycles. The fraction of sp³-hybridized carbons (Fsp3) is 0.296. The van der Waals surface area contributed by atoms with Crippen LogP contribution in [0, 0.1) is 0 Å². The van der Waals surface area contributed by atoms with Crippen LogP contribution in [0.4, 0.5) is 0 Å². The lowest BCUT2D eigenvalue weighted by molar-refractivity contribution is 0.0647. The minimum Gasteiger partial charge on any atom is -0.467 e. The molecule has 1 atom stereocenters. The molecule has 0 spiro atoms. The normalized spacial score (nSPS) is 12.6. The van der Waals surface area contributed by atoms with Crippen molar-refractivity contribution in [3.05, 3.63) is 98.9 Å². The van der Waals surface area contributed by atoms with E-state index >= 15 is 0 Å². The lowest BCUT2D eigenvalue weighted by Gasteiger charge is -2.29. The highest BCUT2D eigenvalue weighted by Gasteiger charge is 2.28. The highest BCUT2D eigenvalue weighted by molar-refractivity contribution is 6.31. The van der Waals surface area contributed by atoms with Crippen LogP contribution in [0.5, 0.6) is 0 Å². The molecule has 6 nitrogen and oxygen atoms in total. The number of carbonyl (C=O) groups is 1. The highest BCUT2D eigenvalue weighted by Crippen LogP contribution is 2.27. The molecule has 7 heteroatoms. The molecule has 4 aromatic rings. The molecule has 4 rings (SSSR count). The van der Waals surface area contributed by atoms with Crippen molar-refractivity contribution < 1.29 is 9.21 Å². The summed E-state index contributed by atoms with van der Waals surface area (Å²) in [5.74, 6) is 0.927. The van der Waals surface area contributed by atoms with Crippen molar-refractivity contribution in [2.45, 2.75) is 45.7 Å². The number of fused-ring (bicyclic) bond motifs is 1. The average Bonchev–Trinajstić information content (AvgIpc) is 3.32. The van der Waals surface area contributed by atoms with E-state index in [0.717, 1.165) is 5.56 Å². The third-order valence-corrected chi connectivity index (χ3v) is 6.31.